The molecule has 2 heterocycles. The summed E-state index contributed by atoms with van der Waals surface area (Å²) in [4.78, 5) is 29.4. The predicted molar refractivity (Wildman–Crippen MR) is 98.4 cm³/mol. The number of nitrogens with zero attached hydrogens (tertiary/aromatic N) is 2. The molecule has 0 atom stereocenters. The molecule has 0 radical (unpaired) electrons. The maximum absolute atomic E-state index is 12.8. The summed E-state index contributed by atoms with van der Waals surface area (Å²) in [7, 11) is 0. The quantitative estimate of drug-likeness (QED) is 0.828. The van der Waals surface area contributed by atoms with Crippen molar-refractivity contribution in [3.63, 3.8) is 0 Å². The van der Waals surface area contributed by atoms with E-state index in [9.17, 15) is 9.59 Å². The van der Waals surface area contributed by atoms with Gasteiger partial charge in [0, 0.05) is 5.75 Å². The van der Waals surface area contributed by atoms with Gasteiger partial charge in [-0.1, -0.05) is 30.0 Å². The van der Waals surface area contributed by atoms with Crippen LogP contribution >= 0.6 is 23.1 Å². The number of para-hydroxylation sites is 1. The summed E-state index contributed by atoms with van der Waals surface area (Å²) >= 11 is 2.82. The molecule has 1 aliphatic heterocycles. The number of amidine groups is 1. The Hall–Kier alpha value is -2.38. The van der Waals surface area contributed by atoms with E-state index in [1.807, 2.05) is 47.2 Å². The fourth-order valence-corrected chi connectivity index (χ4v) is 3.70. The fraction of sp³-hybridized carbons (Fsp3) is 0.118. The molecule has 0 bridgehead atoms. The van der Waals surface area contributed by atoms with Gasteiger partial charge in [-0.25, -0.2) is 4.99 Å². The van der Waals surface area contributed by atoms with Crippen LogP contribution in [0.5, 0.6) is 0 Å². The number of hydrogen-bond donors (Lipinski definition) is 1. The van der Waals surface area contributed by atoms with Crippen LogP contribution in [0.1, 0.15) is 12.0 Å². The van der Waals surface area contributed by atoms with Crippen molar-refractivity contribution in [2.24, 2.45) is 4.99 Å². The number of carboxylic acids is 1. The van der Waals surface area contributed by atoms with Gasteiger partial charge in [0.25, 0.3) is 5.91 Å². The van der Waals surface area contributed by atoms with Crippen molar-refractivity contribution >= 4 is 51.9 Å². The summed E-state index contributed by atoms with van der Waals surface area (Å²) in [6.07, 6.45) is 1.77. The zero-order valence-corrected chi connectivity index (χ0v) is 14.2. The van der Waals surface area contributed by atoms with Crippen LogP contribution in [0.2, 0.25) is 0 Å². The van der Waals surface area contributed by atoms with Crippen LogP contribution in [-0.2, 0) is 9.59 Å². The van der Waals surface area contributed by atoms with Crippen LogP contribution in [0, 0.1) is 0 Å². The molecule has 1 aromatic heterocycles. The predicted octanol–water partition coefficient (Wildman–Crippen LogP) is 3.70. The van der Waals surface area contributed by atoms with E-state index in [0.29, 0.717) is 16.6 Å². The summed E-state index contributed by atoms with van der Waals surface area (Å²) < 4.78 is 0. The van der Waals surface area contributed by atoms with Crippen molar-refractivity contribution in [1.29, 1.82) is 0 Å². The zero-order chi connectivity index (χ0) is 16.9. The number of carbonyl (C=O) groups is 2. The third kappa shape index (κ3) is 3.74. The Bertz CT molecular complexity index is 799. The first kappa shape index (κ1) is 16.5. The largest absolute Gasteiger partial charge is 0.481 e. The van der Waals surface area contributed by atoms with Gasteiger partial charge < -0.3 is 5.11 Å². The number of thioether (sulfide) groups is 1. The van der Waals surface area contributed by atoms with Crippen LogP contribution in [0.25, 0.3) is 6.08 Å². The van der Waals surface area contributed by atoms with Crippen molar-refractivity contribution in [2.75, 3.05) is 10.7 Å². The minimum atomic E-state index is -0.868. The maximum Gasteiger partial charge on any atom is 0.304 e. The molecule has 2 aromatic rings. The second kappa shape index (κ2) is 7.46. The van der Waals surface area contributed by atoms with Crippen LogP contribution in [0.3, 0.4) is 0 Å². The topological polar surface area (TPSA) is 70.0 Å². The van der Waals surface area contributed by atoms with E-state index >= 15 is 0 Å². The molecule has 0 aliphatic carbocycles. The molecular formula is C17H14N2O3S2. The molecule has 24 heavy (non-hydrogen) atoms. The minimum absolute atomic E-state index is 0.0179. The summed E-state index contributed by atoms with van der Waals surface area (Å²) in [6.45, 7) is 0. The van der Waals surface area contributed by atoms with E-state index in [-0.39, 0.29) is 12.3 Å². The van der Waals surface area contributed by atoms with Gasteiger partial charge in [-0.15, -0.1) is 0 Å². The van der Waals surface area contributed by atoms with E-state index in [4.69, 9.17) is 5.11 Å². The lowest BCUT2D eigenvalue weighted by atomic mass is 10.2. The van der Waals surface area contributed by atoms with Gasteiger partial charge in [0.05, 0.1) is 12.1 Å². The van der Waals surface area contributed by atoms with Crippen molar-refractivity contribution in [3.05, 3.63) is 58.4 Å². The number of carboxylic acid groups (broad SMARTS) is 1. The van der Waals surface area contributed by atoms with Gasteiger partial charge in [0.1, 0.15) is 5.70 Å². The number of anilines is 1. The van der Waals surface area contributed by atoms with Gasteiger partial charge in [0.2, 0.25) is 0 Å². The first-order valence-corrected chi connectivity index (χ1v) is 9.14. The summed E-state index contributed by atoms with van der Waals surface area (Å²) in [6, 6.07) is 11.2. The van der Waals surface area contributed by atoms with Gasteiger partial charge in [-0.05, 0) is 40.6 Å². The Morgan fingerprint density at radius 1 is 1.29 bits per heavy atom. The van der Waals surface area contributed by atoms with Crippen molar-refractivity contribution in [1.82, 2.24) is 0 Å². The molecule has 1 N–H and O–H groups in total. The molecule has 1 aliphatic rings. The lowest BCUT2D eigenvalue weighted by Crippen LogP contribution is -2.30. The van der Waals surface area contributed by atoms with Crippen LogP contribution in [0.15, 0.2) is 57.8 Å². The molecule has 0 saturated carbocycles. The van der Waals surface area contributed by atoms with Gasteiger partial charge in [0.15, 0.2) is 5.17 Å². The summed E-state index contributed by atoms with van der Waals surface area (Å²) in [5.74, 6) is -0.714. The molecule has 0 saturated heterocycles. The van der Waals surface area contributed by atoms with Crippen molar-refractivity contribution in [2.45, 2.75) is 6.42 Å². The molecule has 122 valence electrons. The van der Waals surface area contributed by atoms with E-state index in [1.165, 1.54) is 16.7 Å². The highest BCUT2D eigenvalue weighted by atomic mass is 32.2. The van der Waals surface area contributed by atoms with Crippen LogP contribution in [-0.4, -0.2) is 27.9 Å². The molecule has 1 amide bonds. The fourth-order valence-electron chi connectivity index (χ4n) is 2.14. The van der Waals surface area contributed by atoms with Gasteiger partial charge >= 0.3 is 5.97 Å². The molecule has 3 rings (SSSR count). The number of benzene rings is 1. The Balaban J connectivity index is 1.89. The summed E-state index contributed by atoms with van der Waals surface area (Å²) in [5, 5.41) is 13.2. The number of rotatable bonds is 5. The monoisotopic (exact) mass is 358 g/mol. The molecular weight excluding hydrogens is 344 g/mol. The normalized spacial score (nSPS) is 15.8. The highest BCUT2D eigenvalue weighted by Crippen LogP contribution is 2.29. The van der Waals surface area contributed by atoms with E-state index in [0.717, 1.165) is 11.3 Å². The Morgan fingerprint density at radius 2 is 2.08 bits per heavy atom. The third-order valence-electron chi connectivity index (χ3n) is 3.24. The average Bonchev–Trinajstić information content (AvgIpc) is 3.17. The average molecular weight is 358 g/mol. The smallest absolute Gasteiger partial charge is 0.304 e. The molecule has 0 unspecified atom stereocenters. The Labute approximate surface area is 147 Å². The van der Waals surface area contributed by atoms with Crippen LogP contribution in [0.4, 0.5) is 5.69 Å². The van der Waals surface area contributed by atoms with E-state index in [1.54, 1.807) is 17.4 Å². The SMILES string of the molecule is O=C(O)CCSC1=N/C(=C\c2ccsc2)C(=O)N1c1ccccc1. The summed E-state index contributed by atoms with van der Waals surface area (Å²) in [5.41, 5.74) is 2.00. The van der Waals surface area contributed by atoms with Crippen molar-refractivity contribution in [3.8, 4) is 0 Å². The lowest BCUT2D eigenvalue weighted by molar-refractivity contribution is -0.136. The highest BCUT2D eigenvalue weighted by molar-refractivity contribution is 8.14. The standard InChI is InChI=1S/C17H14N2O3S2/c20-15(21)7-9-24-17-18-14(10-12-6-8-23-11-12)16(22)19(17)13-4-2-1-3-5-13/h1-6,8,10-11H,7,9H2,(H,20,21)/b14-10-. The highest BCUT2D eigenvalue weighted by Gasteiger charge is 2.31. The second-order valence-corrected chi connectivity index (χ2v) is 6.79. The zero-order valence-electron chi connectivity index (χ0n) is 12.6. The van der Waals surface area contributed by atoms with Crippen LogP contribution < -0.4 is 4.90 Å². The molecule has 7 heteroatoms. The second-order valence-electron chi connectivity index (χ2n) is 4.95. The van der Waals surface area contributed by atoms with Gasteiger partial charge in [-0.3, -0.25) is 14.5 Å². The van der Waals surface area contributed by atoms with Crippen molar-refractivity contribution < 1.29 is 14.7 Å². The number of hydrogen-bond acceptors (Lipinski definition) is 5. The number of amides is 1. The number of aliphatic carboxylic acids is 1. The lowest BCUT2D eigenvalue weighted by Gasteiger charge is -2.17. The maximum atomic E-state index is 12.8. The molecule has 1 aromatic carbocycles. The number of aliphatic imine (C=N–C) groups is 1. The van der Waals surface area contributed by atoms with E-state index in [2.05, 4.69) is 4.99 Å². The number of carbonyl (C=O) groups excluding carboxylic acids is 1. The van der Waals surface area contributed by atoms with E-state index < -0.39 is 5.97 Å². The Kier molecular flexibility index (Phi) is 5.12. The molecule has 0 spiro atoms. The third-order valence-corrected chi connectivity index (χ3v) is 4.88. The molecule has 0 fully saturated rings. The number of thiophene rings is 1. The molecule has 5 nitrogen and oxygen atoms in total. The minimum Gasteiger partial charge on any atom is -0.481 e. The first-order valence-electron chi connectivity index (χ1n) is 7.22. The van der Waals surface area contributed by atoms with Gasteiger partial charge in [-0.2, -0.15) is 11.3 Å². The first-order chi connectivity index (χ1) is 11.6. The Morgan fingerprint density at radius 3 is 2.75 bits per heavy atom.